The fourth-order valence-electron chi connectivity index (χ4n) is 2.80. The first kappa shape index (κ1) is 17.5. The van der Waals surface area contributed by atoms with Crippen molar-refractivity contribution in [3.8, 4) is 5.75 Å². The standard InChI is InChI=1S/C18H21ClN4O2/c1-12-6-9-23(10-7-12)18-20-8-5-14(22-18)17(24)21-15-11-13(19)3-4-16(15)25-2/h3-5,8,11-12H,6-7,9-10H2,1-2H3,(H,21,24). The number of ether oxygens (including phenoxy) is 1. The van der Waals surface area contributed by atoms with E-state index in [9.17, 15) is 4.79 Å². The summed E-state index contributed by atoms with van der Waals surface area (Å²) in [5.74, 6) is 1.53. The zero-order valence-electron chi connectivity index (χ0n) is 14.3. The van der Waals surface area contributed by atoms with Crippen molar-refractivity contribution in [3.63, 3.8) is 0 Å². The van der Waals surface area contributed by atoms with Crippen LogP contribution in [0.2, 0.25) is 5.02 Å². The molecule has 0 bridgehead atoms. The van der Waals surface area contributed by atoms with Crippen LogP contribution in [0.4, 0.5) is 11.6 Å². The summed E-state index contributed by atoms with van der Waals surface area (Å²) in [6.45, 7) is 4.07. The predicted molar refractivity (Wildman–Crippen MR) is 98.6 cm³/mol. The topological polar surface area (TPSA) is 67.3 Å². The molecule has 2 heterocycles. The van der Waals surface area contributed by atoms with Crippen LogP contribution in [0, 0.1) is 5.92 Å². The number of anilines is 2. The Morgan fingerprint density at radius 3 is 2.80 bits per heavy atom. The van der Waals surface area contributed by atoms with Crippen LogP contribution in [0.25, 0.3) is 0 Å². The number of benzene rings is 1. The number of rotatable bonds is 4. The lowest BCUT2D eigenvalue weighted by Gasteiger charge is -2.30. The van der Waals surface area contributed by atoms with Crippen molar-refractivity contribution in [2.24, 2.45) is 5.92 Å². The first-order chi connectivity index (χ1) is 12.1. The second kappa shape index (κ2) is 7.70. The number of methoxy groups -OCH3 is 1. The van der Waals surface area contributed by atoms with Crippen LogP contribution in [-0.2, 0) is 0 Å². The van der Waals surface area contributed by atoms with E-state index in [-0.39, 0.29) is 5.91 Å². The molecule has 0 aliphatic carbocycles. The molecule has 1 aromatic heterocycles. The van der Waals surface area contributed by atoms with E-state index in [4.69, 9.17) is 16.3 Å². The van der Waals surface area contributed by atoms with Crippen molar-refractivity contribution in [1.29, 1.82) is 0 Å². The zero-order valence-corrected chi connectivity index (χ0v) is 15.1. The van der Waals surface area contributed by atoms with Crippen LogP contribution in [0.1, 0.15) is 30.3 Å². The molecule has 0 spiro atoms. The average molecular weight is 361 g/mol. The SMILES string of the molecule is COc1ccc(Cl)cc1NC(=O)c1ccnc(N2CCC(C)CC2)n1. The van der Waals surface area contributed by atoms with Gasteiger partial charge in [-0.3, -0.25) is 4.79 Å². The summed E-state index contributed by atoms with van der Waals surface area (Å²) in [6, 6.07) is 6.66. The summed E-state index contributed by atoms with van der Waals surface area (Å²) in [4.78, 5) is 23.4. The first-order valence-corrected chi connectivity index (χ1v) is 8.67. The maximum atomic E-state index is 12.6. The number of amides is 1. The van der Waals surface area contributed by atoms with Crippen LogP contribution in [-0.4, -0.2) is 36.1 Å². The molecule has 3 rings (SSSR count). The van der Waals surface area contributed by atoms with E-state index >= 15 is 0 Å². The minimum Gasteiger partial charge on any atom is -0.495 e. The normalized spacial score (nSPS) is 15.1. The Morgan fingerprint density at radius 1 is 1.32 bits per heavy atom. The predicted octanol–water partition coefficient (Wildman–Crippen LogP) is 3.63. The Kier molecular flexibility index (Phi) is 5.38. The van der Waals surface area contributed by atoms with Gasteiger partial charge in [0.1, 0.15) is 11.4 Å². The Labute approximate surface area is 152 Å². The van der Waals surface area contributed by atoms with Crippen LogP contribution >= 0.6 is 11.6 Å². The third kappa shape index (κ3) is 4.20. The molecule has 1 aliphatic rings. The summed E-state index contributed by atoms with van der Waals surface area (Å²) >= 11 is 6.00. The van der Waals surface area contributed by atoms with E-state index in [2.05, 4.69) is 27.1 Å². The summed E-state index contributed by atoms with van der Waals surface area (Å²) in [5.41, 5.74) is 0.817. The van der Waals surface area contributed by atoms with E-state index in [1.54, 1.807) is 37.6 Å². The molecule has 0 radical (unpaired) electrons. The molecule has 1 amide bonds. The van der Waals surface area contributed by atoms with Gasteiger partial charge in [-0.1, -0.05) is 18.5 Å². The van der Waals surface area contributed by atoms with Gasteiger partial charge in [-0.2, -0.15) is 0 Å². The third-order valence-electron chi connectivity index (χ3n) is 4.35. The second-order valence-corrected chi connectivity index (χ2v) is 6.65. The highest BCUT2D eigenvalue weighted by atomic mass is 35.5. The monoisotopic (exact) mass is 360 g/mol. The van der Waals surface area contributed by atoms with Gasteiger partial charge in [0.05, 0.1) is 12.8 Å². The van der Waals surface area contributed by atoms with Crippen molar-refractivity contribution in [2.45, 2.75) is 19.8 Å². The molecule has 0 saturated carbocycles. The fourth-order valence-corrected chi connectivity index (χ4v) is 2.97. The van der Waals surface area contributed by atoms with E-state index in [1.807, 2.05) is 0 Å². The first-order valence-electron chi connectivity index (χ1n) is 8.29. The van der Waals surface area contributed by atoms with E-state index in [0.717, 1.165) is 31.8 Å². The summed E-state index contributed by atoms with van der Waals surface area (Å²) in [5, 5.41) is 3.31. The third-order valence-corrected chi connectivity index (χ3v) is 4.59. The molecule has 1 aromatic carbocycles. The quantitative estimate of drug-likeness (QED) is 0.901. The van der Waals surface area contributed by atoms with Gasteiger partial charge >= 0.3 is 0 Å². The molecule has 1 aliphatic heterocycles. The molecule has 6 nitrogen and oxygen atoms in total. The number of hydrogen-bond acceptors (Lipinski definition) is 5. The minimum atomic E-state index is -0.324. The highest BCUT2D eigenvalue weighted by Crippen LogP contribution is 2.28. The molecule has 1 fully saturated rings. The van der Waals surface area contributed by atoms with Gasteiger partial charge in [0.15, 0.2) is 0 Å². The van der Waals surface area contributed by atoms with Gasteiger partial charge in [0.2, 0.25) is 5.95 Å². The fraction of sp³-hybridized carbons (Fsp3) is 0.389. The number of halogens is 1. The number of nitrogens with one attached hydrogen (secondary N) is 1. The minimum absolute atomic E-state index is 0.311. The molecule has 132 valence electrons. The number of aromatic nitrogens is 2. The Balaban J connectivity index is 1.77. The number of hydrogen-bond donors (Lipinski definition) is 1. The Hall–Kier alpha value is -2.34. The van der Waals surface area contributed by atoms with Gasteiger partial charge in [-0.25, -0.2) is 9.97 Å². The highest BCUT2D eigenvalue weighted by Gasteiger charge is 2.19. The van der Waals surface area contributed by atoms with Crippen LogP contribution in [0.15, 0.2) is 30.5 Å². The maximum absolute atomic E-state index is 12.6. The van der Waals surface area contributed by atoms with Crippen molar-refractivity contribution in [1.82, 2.24) is 9.97 Å². The smallest absolute Gasteiger partial charge is 0.274 e. The molecule has 25 heavy (non-hydrogen) atoms. The summed E-state index contributed by atoms with van der Waals surface area (Å²) in [7, 11) is 1.54. The Bertz CT molecular complexity index is 760. The van der Waals surface area contributed by atoms with E-state index in [1.165, 1.54) is 0 Å². The number of carbonyl (C=O) groups excluding carboxylic acids is 1. The number of carbonyl (C=O) groups is 1. The molecule has 7 heteroatoms. The molecule has 0 atom stereocenters. The van der Waals surface area contributed by atoms with Gasteiger partial charge in [-0.05, 0) is 43.0 Å². The molecular formula is C18H21ClN4O2. The van der Waals surface area contributed by atoms with E-state index in [0.29, 0.717) is 28.1 Å². The Morgan fingerprint density at radius 2 is 2.08 bits per heavy atom. The van der Waals surface area contributed by atoms with E-state index < -0.39 is 0 Å². The lowest BCUT2D eigenvalue weighted by atomic mass is 10.00. The average Bonchev–Trinajstić information content (AvgIpc) is 2.62. The van der Waals surface area contributed by atoms with Crippen molar-refractivity contribution in [3.05, 3.63) is 41.2 Å². The van der Waals surface area contributed by atoms with Gasteiger partial charge in [-0.15, -0.1) is 0 Å². The van der Waals surface area contributed by atoms with Crippen molar-refractivity contribution >= 4 is 29.1 Å². The lowest BCUT2D eigenvalue weighted by Crippen LogP contribution is -2.34. The van der Waals surface area contributed by atoms with Gasteiger partial charge in [0, 0.05) is 24.3 Å². The van der Waals surface area contributed by atoms with Crippen molar-refractivity contribution < 1.29 is 9.53 Å². The molecule has 1 N–H and O–H groups in total. The highest BCUT2D eigenvalue weighted by molar-refractivity contribution is 6.31. The lowest BCUT2D eigenvalue weighted by molar-refractivity contribution is 0.102. The zero-order chi connectivity index (χ0) is 17.8. The van der Waals surface area contributed by atoms with Crippen LogP contribution in [0.5, 0.6) is 5.75 Å². The molecule has 2 aromatic rings. The summed E-state index contributed by atoms with van der Waals surface area (Å²) < 4.78 is 5.25. The van der Waals surface area contributed by atoms with Crippen LogP contribution in [0.3, 0.4) is 0 Å². The number of piperidine rings is 1. The van der Waals surface area contributed by atoms with Gasteiger partial charge < -0.3 is 15.0 Å². The molecule has 1 saturated heterocycles. The maximum Gasteiger partial charge on any atom is 0.274 e. The second-order valence-electron chi connectivity index (χ2n) is 6.21. The van der Waals surface area contributed by atoms with Crippen LogP contribution < -0.4 is 15.0 Å². The summed E-state index contributed by atoms with van der Waals surface area (Å²) in [6.07, 6.45) is 3.84. The van der Waals surface area contributed by atoms with Gasteiger partial charge in [0.25, 0.3) is 5.91 Å². The van der Waals surface area contributed by atoms with Crippen molar-refractivity contribution in [2.75, 3.05) is 30.4 Å². The number of nitrogens with zero attached hydrogens (tertiary/aromatic N) is 3. The molecular weight excluding hydrogens is 340 g/mol. The largest absolute Gasteiger partial charge is 0.495 e. The molecule has 0 unspecified atom stereocenters.